The number of nitrogens with one attached hydrogen (secondary N) is 1. The number of fused-ring (bicyclic) bond motifs is 1. The Labute approximate surface area is 156 Å². The minimum Gasteiger partial charge on any atom is -0.465 e. The molecule has 3 heteroatoms. The topological polar surface area (TPSA) is 49.3 Å². The van der Waals surface area contributed by atoms with Gasteiger partial charge in [-0.2, -0.15) is 0 Å². The van der Waals surface area contributed by atoms with Gasteiger partial charge in [-0.05, 0) is 58.9 Å². The van der Waals surface area contributed by atoms with Gasteiger partial charge in [-0.1, -0.05) is 69.7 Å². The smallest absolute Gasteiger partial charge is 0.405 e. The molecule has 0 heterocycles. The molecule has 0 aromatic heterocycles. The first-order valence-corrected chi connectivity index (χ1v) is 9.74. The average molecular weight is 351 g/mol. The Bertz CT molecular complexity index is 775. The monoisotopic (exact) mass is 351 g/mol. The standard InChI is InChI=1S/C23H29NO2/c1-4-7-16-8-10-17(11-9-16)18-12-13-20-19(14-18)15-23(5-2,6-3)21(20)24-22(25)26/h8-14,21,24H,4-7,15H2,1-3H3,(H,25,26). The summed E-state index contributed by atoms with van der Waals surface area (Å²) in [5, 5.41) is 12.1. The molecule has 0 saturated heterocycles. The van der Waals surface area contributed by atoms with E-state index in [1.807, 2.05) is 0 Å². The van der Waals surface area contributed by atoms with Crippen LogP contribution in [-0.2, 0) is 12.8 Å². The van der Waals surface area contributed by atoms with Crippen molar-refractivity contribution >= 4 is 6.09 Å². The molecule has 1 amide bonds. The summed E-state index contributed by atoms with van der Waals surface area (Å²) in [7, 11) is 0. The summed E-state index contributed by atoms with van der Waals surface area (Å²) in [6.07, 6.45) is 4.19. The predicted octanol–water partition coefficient (Wildman–Crippen LogP) is 5.98. The predicted molar refractivity (Wildman–Crippen MR) is 106 cm³/mol. The maximum Gasteiger partial charge on any atom is 0.405 e. The Morgan fingerprint density at radius 1 is 1.08 bits per heavy atom. The summed E-state index contributed by atoms with van der Waals surface area (Å²) >= 11 is 0. The van der Waals surface area contributed by atoms with Crippen LogP contribution in [0.5, 0.6) is 0 Å². The second kappa shape index (κ2) is 7.53. The van der Waals surface area contributed by atoms with Gasteiger partial charge in [0, 0.05) is 0 Å². The third-order valence-electron chi connectivity index (χ3n) is 6.11. The zero-order valence-electron chi connectivity index (χ0n) is 16.0. The first kappa shape index (κ1) is 18.5. The molecular weight excluding hydrogens is 322 g/mol. The Morgan fingerprint density at radius 2 is 1.73 bits per heavy atom. The van der Waals surface area contributed by atoms with Crippen molar-refractivity contribution in [2.24, 2.45) is 5.41 Å². The van der Waals surface area contributed by atoms with Crippen LogP contribution in [0.25, 0.3) is 11.1 Å². The molecule has 1 aliphatic carbocycles. The first-order chi connectivity index (χ1) is 12.5. The Hall–Kier alpha value is -2.29. The number of carboxylic acid groups (broad SMARTS) is 1. The molecule has 0 bridgehead atoms. The summed E-state index contributed by atoms with van der Waals surface area (Å²) in [5.41, 5.74) is 6.21. The van der Waals surface area contributed by atoms with E-state index in [9.17, 15) is 9.90 Å². The largest absolute Gasteiger partial charge is 0.465 e. The Kier molecular flexibility index (Phi) is 5.36. The lowest BCUT2D eigenvalue weighted by Crippen LogP contribution is -2.37. The van der Waals surface area contributed by atoms with E-state index in [1.54, 1.807) is 0 Å². The minimum absolute atomic E-state index is 0.0235. The zero-order valence-corrected chi connectivity index (χ0v) is 16.0. The van der Waals surface area contributed by atoms with Gasteiger partial charge in [-0.15, -0.1) is 0 Å². The molecule has 3 rings (SSSR count). The third-order valence-corrected chi connectivity index (χ3v) is 6.11. The number of amides is 1. The summed E-state index contributed by atoms with van der Waals surface area (Å²) in [6, 6.07) is 15.2. The van der Waals surface area contributed by atoms with Crippen LogP contribution in [0.2, 0.25) is 0 Å². The molecule has 2 aromatic carbocycles. The lowest BCUT2D eigenvalue weighted by Gasteiger charge is -2.33. The van der Waals surface area contributed by atoms with E-state index in [0.717, 1.165) is 37.7 Å². The van der Waals surface area contributed by atoms with Crippen molar-refractivity contribution in [1.29, 1.82) is 0 Å². The number of aryl methyl sites for hydroxylation is 1. The SMILES string of the molecule is CCCc1ccc(-c2ccc3c(c2)CC(CC)(CC)C3NC(=O)O)cc1. The molecule has 3 nitrogen and oxygen atoms in total. The number of rotatable bonds is 6. The zero-order chi connectivity index (χ0) is 18.7. The quantitative estimate of drug-likeness (QED) is 0.673. The Balaban J connectivity index is 1.95. The summed E-state index contributed by atoms with van der Waals surface area (Å²) in [6.45, 7) is 6.53. The second-order valence-corrected chi connectivity index (χ2v) is 7.49. The molecule has 26 heavy (non-hydrogen) atoms. The Morgan fingerprint density at radius 3 is 2.31 bits per heavy atom. The van der Waals surface area contributed by atoms with Crippen LogP contribution in [0.15, 0.2) is 42.5 Å². The summed E-state index contributed by atoms with van der Waals surface area (Å²) < 4.78 is 0. The highest BCUT2D eigenvalue weighted by Gasteiger charge is 2.44. The van der Waals surface area contributed by atoms with Gasteiger partial charge < -0.3 is 10.4 Å². The number of hydrogen-bond donors (Lipinski definition) is 2. The fourth-order valence-corrected chi connectivity index (χ4v) is 4.45. The second-order valence-electron chi connectivity index (χ2n) is 7.49. The molecule has 138 valence electrons. The lowest BCUT2D eigenvalue weighted by atomic mass is 9.76. The maximum atomic E-state index is 11.3. The van der Waals surface area contributed by atoms with Crippen molar-refractivity contribution in [2.45, 2.75) is 58.9 Å². The molecule has 0 spiro atoms. The van der Waals surface area contributed by atoms with Gasteiger partial charge in [-0.3, -0.25) is 0 Å². The van der Waals surface area contributed by atoms with E-state index in [2.05, 4.69) is 68.6 Å². The van der Waals surface area contributed by atoms with Crippen LogP contribution < -0.4 is 5.32 Å². The van der Waals surface area contributed by atoms with Crippen molar-refractivity contribution in [2.75, 3.05) is 0 Å². The first-order valence-electron chi connectivity index (χ1n) is 9.74. The van der Waals surface area contributed by atoms with Crippen molar-refractivity contribution in [3.8, 4) is 11.1 Å². The normalized spacial score (nSPS) is 17.7. The molecule has 1 aliphatic rings. The summed E-state index contributed by atoms with van der Waals surface area (Å²) in [5.74, 6) is 0. The average Bonchev–Trinajstić information content (AvgIpc) is 2.95. The van der Waals surface area contributed by atoms with Gasteiger partial charge in [0.1, 0.15) is 0 Å². The summed E-state index contributed by atoms with van der Waals surface area (Å²) in [4.78, 5) is 11.3. The highest BCUT2D eigenvalue weighted by molar-refractivity contribution is 5.68. The van der Waals surface area contributed by atoms with Gasteiger partial charge in [0.25, 0.3) is 0 Å². The van der Waals surface area contributed by atoms with Crippen LogP contribution in [0.1, 0.15) is 62.8 Å². The van der Waals surface area contributed by atoms with Crippen LogP contribution in [0.3, 0.4) is 0 Å². The molecule has 1 unspecified atom stereocenters. The van der Waals surface area contributed by atoms with Crippen LogP contribution in [0.4, 0.5) is 4.79 Å². The van der Waals surface area contributed by atoms with E-state index in [0.29, 0.717) is 0 Å². The van der Waals surface area contributed by atoms with E-state index in [4.69, 9.17) is 0 Å². The lowest BCUT2D eigenvalue weighted by molar-refractivity contribution is 0.157. The maximum absolute atomic E-state index is 11.3. The van der Waals surface area contributed by atoms with E-state index >= 15 is 0 Å². The van der Waals surface area contributed by atoms with Crippen molar-refractivity contribution < 1.29 is 9.90 Å². The van der Waals surface area contributed by atoms with Crippen LogP contribution in [-0.4, -0.2) is 11.2 Å². The van der Waals surface area contributed by atoms with Crippen molar-refractivity contribution in [1.82, 2.24) is 5.32 Å². The molecular formula is C23H29NO2. The van der Waals surface area contributed by atoms with Gasteiger partial charge >= 0.3 is 6.09 Å². The fraction of sp³-hybridized carbons (Fsp3) is 0.435. The minimum atomic E-state index is -0.940. The molecule has 0 fully saturated rings. The van der Waals surface area contributed by atoms with Crippen molar-refractivity contribution in [3.05, 3.63) is 59.2 Å². The molecule has 1 atom stereocenters. The van der Waals surface area contributed by atoms with E-state index in [1.165, 1.54) is 22.3 Å². The molecule has 0 radical (unpaired) electrons. The van der Waals surface area contributed by atoms with Crippen molar-refractivity contribution in [3.63, 3.8) is 0 Å². The van der Waals surface area contributed by atoms with Crippen LogP contribution in [0, 0.1) is 5.41 Å². The van der Waals surface area contributed by atoms with Crippen LogP contribution >= 0.6 is 0 Å². The fourth-order valence-electron chi connectivity index (χ4n) is 4.45. The molecule has 0 aliphatic heterocycles. The number of carbonyl (C=O) groups is 1. The van der Waals surface area contributed by atoms with E-state index in [-0.39, 0.29) is 11.5 Å². The van der Waals surface area contributed by atoms with Gasteiger partial charge in [0.15, 0.2) is 0 Å². The molecule has 2 N–H and O–H groups in total. The van der Waals surface area contributed by atoms with Gasteiger partial charge in [0.2, 0.25) is 0 Å². The molecule has 2 aromatic rings. The highest BCUT2D eigenvalue weighted by atomic mass is 16.4. The number of hydrogen-bond acceptors (Lipinski definition) is 1. The van der Waals surface area contributed by atoms with Gasteiger partial charge in [0.05, 0.1) is 6.04 Å². The van der Waals surface area contributed by atoms with Gasteiger partial charge in [-0.25, -0.2) is 4.79 Å². The highest BCUT2D eigenvalue weighted by Crippen LogP contribution is 2.50. The third kappa shape index (κ3) is 3.35. The molecule has 0 saturated carbocycles. The van der Waals surface area contributed by atoms with E-state index < -0.39 is 6.09 Å². The number of benzene rings is 2.